The van der Waals surface area contributed by atoms with Crippen LogP contribution in [0.4, 0.5) is 0 Å². The van der Waals surface area contributed by atoms with E-state index in [4.69, 9.17) is 4.74 Å². The summed E-state index contributed by atoms with van der Waals surface area (Å²) in [5.74, 6) is 0.726. The lowest BCUT2D eigenvalue weighted by atomic mass is 10.1. The third-order valence-corrected chi connectivity index (χ3v) is 3.69. The first-order valence-electron chi connectivity index (χ1n) is 6.77. The zero-order valence-corrected chi connectivity index (χ0v) is 11.2. The number of carbonyl (C=O) groups excluding carboxylic acids is 1. The molecule has 5 nitrogen and oxygen atoms in total. The maximum Gasteiger partial charge on any atom is 0.251 e. The van der Waals surface area contributed by atoms with Crippen LogP contribution in [0.25, 0.3) is 11.0 Å². The third-order valence-electron chi connectivity index (χ3n) is 3.69. The first kappa shape index (κ1) is 12.0. The first-order valence-corrected chi connectivity index (χ1v) is 6.77. The van der Waals surface area contributed by atoms with Crippen molar-refractivity contribution in [2.24, 2.45) is 0 Å². The molecule has 0 saturated carbocycles. The fourth-order valence-corrected chi connectivity index (χ4v) is 2.60. The number of imidazole rings is 1. The highest BCUT2D eigenvalue weighted by Gasteiger charge is 2.25. The zero-order chi connectivity index (χ0) is 14.2. The molecule has 0 saturated heterocycles. The molecule has 104 valence electrons. The van der Waals surface area contributed by atoms with E-state index in [0.29, 0.717) is 12.2 Å². The number of aromatic amines is 1. The Hall–Kier alpha value is -2.82. The molecule has 1 atom stereocenters. The van der Waals surface area contributed by atoms with Crippen LogP contribution < -0.4 is 10.1 Å². The standard InChI is InChI=1S/C16H13N3O2/c20-16(10-5-6-12-13(7-10)18-9-17-12)19-14-8-21-15-4-2-1-3-11(14)15/h1-7,9,14H,8H2,(H,17,18)(H,19,20)/t14-/m1/s1. The molecule has 0 bridgehead atoms. The molecule has 0 unspecified atom stereocenters. The number of amides is 1. The van der Waals surface area contributed by atoms with Crippen LogP contribution in [0.1, 0.15) is 22.0 Å². The lowest BCUT2D eigenvalue weighted by Crippen LogP contribution is -2.29. The summed E-state index contributed by atoms with van der Waals surface area (Å²) in [4.78, 5) is 19.5. The summed E-state index contributed by atoms with van der Waals surface area (Å²) in [5.41, 5.74) is 3.33. The summed E-state index contributed by atoms with van der Waals surface area (Å²) in [6.45, 7) is 0.470. The van der Waals surface area contributed by atoms with Crippen molar-refractivity contribution in [1.82, 2.24) is 15.3 Å². The minimum Gasteiger partial charge on any atom is -0.491 e. The largest absolute Gasteiger partial charge is 0.491 e. The number of H-pyrrole nitrogens is 1. The van der Waals surface area contributed by atoms with Crippen molar-refractivity contribution in [2.75, 3.05) is 6.61 Å². The number of rotatable bonds is 2. The molecule has 4 rings (SSSR count). The number of carbonyl (C=O) groups is 1. The van der Waals surface area contributed by atoms with E-state index in [1.807, 2.05) is 30.3 Å². The summed E-state index contributed by atoms with van der Waals surface area (Å²) in [7, 11) is 0. The number of nitrogens with one attached hydrogen (secondary N) is 2. The predicted octanol–water partition coefficient (Wildman–Crippen LogP) is 2.43. The van der Waals surface area contributed by atoms with Gasteiger partial charge in [0.25, 0.3) is 5.91 Å². The van der Waals surface area contributed by atoms with Gasteiger partial charge >= 0.3 is 0 Å². The van der Waals surface area contributed by atoms with Crippen molar-refractivity contribution in [3.63, 3.8) is 0 Å². The summed E-state index contributed by atoms with van der Waals surface area (Å²) in [5, 5.41) is 3.01. The molecule has 3 aromatic rings. The predicted molar refractivity (Wildman–Crippen MR) is 78.2 cm³/mol. The number of para-hydroxylation sites is 1. The second kappa shape index (κ2) is 4.63. The van der Waals surface area contributed by atoms with Gasteiger partial charge in [-0.3, -0.25) is 4.79 Å². The van der Waals surface area contributed by atoms with Crippen molar-refractivity contribution in [2.45, 2.75) is 6.04 Å². The molecule has 0 spiro atoms. The van der Waals surface area contributed by atoms with E-state index in [1.54, 1.807) is 18.5 Å². The minimum atomic E-state index is -0.114. The molecule has 21 heavy (non-hydrogen) atoms. The average Bonchev–Trinajstić information content (AvgIpc) is 3.13. The first-order chi connectivity index (χ1) is 10.3. The number of fused-ring (bicyclic) bond motifs is 2. The zero-order valence-electron chi connectivity index (χ0n) is 11.2. The molecular formula is C16H13N3O2. The van der Waals surface area contributed by atoms with Gasteiger partial charge in [0.05, 0.1) is 23.4 Å². The molecule has 1 amide bonds. The van der Waals surface area contributed by atoms with E-state index < -0.39 is 0 Å². The second-order valence-corrected chi connectivity index (χ2v) is 5.01. The SMILES string of the molecule is O=C(N[C@@H]1COc2ccccc21)c1ccc2nc[nH]c2c1. The van der Waals surface area contributed by atoms with E-state index in [2.05, 4.69) is 15.3 Å². The number of nitrogens with zero attached hydrogens (tertiary/aromatic N) is 1. The highest BCUT2D eigenvalue weighted by atomic mass is 16.5. The monoisotopic (exact) mass is 279 g/mol. The Morgan fingerprint density at radius 3 is 3.14 bits per heavy atom. The van der Waals surface area contributed by atoms with Crippen LogP contribution in [-0.2, 0) is 0 Å². The summed E-state index contributed by atoms with van der Waals surface area (Å²) in [6.07, 6.45) is 1.62. The summed E-state index contributed by atoms with van der Waals surface area (Å²) in [6, 6.07) is 13.1. The molecule has 0 radical (unpaired) electrons. The highest BCUT2D eigenvalue weighted by molar-refractivity contribution is 5.97. The Morgan fingerprint density at radius 2 is 2.19 bits per heavy atom. The third kappa shape index (κ3) is 2.03. The van der Waals surface area contributed by atoms with Crippen LogP contribution in [0.15, 0.2) is 48.8 Å². The van der Waals surface area contributed by atoms with Gasteiger partial charge in [-0.1, -0.05) is 18.2 Å². The van der Waals surface area contributed by atoms with Crippen LogP contribution in [0, 0.1) is 0 Å². The minimum absolute atomic E-state index is 0.105. The Balaban J connectivity index is 1.58. The average molecular weight is 279 g/mol. The van der Waals surface area contributed by atoms with Crippen LogP contribution >= 0.6 is 0 Å². The number of hydrogen-bond donors (Lipinski definition) is 2. The molecule has 2 heterocycles. The van der Waals surface area contributed by atoms with Crippen molar-refractivity contribution in [1.29, 1.82) is 0 Å². The van der Waals surface area contributed by atoms with Crippen molar-refractivity contribution in [3.05, 3.63) is 59.9 Å². The second-order valence-electron chi connectivity index (χ2n) is 5.01. The molecule has 5 heteroatoms. The number of aromatic nitrogens is 2. The number of ether oxygens (including phenoxy) is 1. The van der Waals surface area contributed by atoms with E-state index in [0.717, 1.165) is 22.3 Å². The maximum atomic E-state index is 12.4. The fraction of sp³-hybridized carbons (Fsp3) is 0.125. The lowest BCUT2D eigenvalue weighted by Gasteiger charge is -2.11. The smallest absolute Gasteiger partial charge is 0.251 e. The van der Waals surface area contributed by atoms with Crippen molar-refractivity contribution < 1.29 is 9.53 Å². The van der Waals surface area contributed by atoms with Gasteiger partial charge in [0.2, 0.25) is 0 Å². The fourth-order valence-electron chi connectivity index (χ4n) is 2.60. The van der Waals surface area contributed by atoms with E-state index >= 15 is 0 Å². The highest BCUT2D eigenvalue weighted by Crippen LogP contribution is 2.31. The van der Waals surface area contributed by atoms with Crippen molar-refractivity contribution >= 4 is 16.9 Å². The van der Waals surface area contributed by atoms with Gasteiger partial charge in [0.15, 0.2) is 0 Å². The van der Waals surface area contributed by atoms with Crippen LogP contribution in [-0.4, -0.2) is 22.5 Å². The molecule has 1 aliphatic rings. The summed E-state index contributed by atoms with van der Waals surface area (Å²) >= 11 is 0. The van der Waals surface area contributed by atoms with Gasteiger partial charge in [0, 0.05) is 11.1 Å². The molecule has 2 aromatic carbocycles. The van der Waals surface area contributed by atoms with Gasteiger partial charge in [-0.05, 0) is 24.3 Å². The maximum absolute atomic E-state index is 12.4. The van der Waals surface area contributed by atoms with Gasteiger partial charge in [-0.15, -0.1) is 0 Å². The number of benzene rings is 2. The van der Waals surface area contributed by atoms with Gasteiger partial charge in [-0.2, -0.15) is 0 Å². The Kier molecular flexibility index (Phi) is 2.64. The van der Waals surface area contributed by atoms with Gasteiger partial charge in [-0.25, -0.2) is 4.98 Å². The van der Waals surface area contributed by atoms with Gasteiger partial charge < -0.3 is 15.0 Å². The summed E-state index contributed by atoms with van der Waals surface area (Å²) < 4.78 is 5.57. The van der Waals surface area contributed by atoms with E-state index in [-0.39, 0.29) is 11.9 Å². The molecule has 1 aromatic heterocycles. The quantitative estimate of drug-likeness (QED) is 0.757. The van der Waals surface area contributed by atoms with Crippen molar-refractivity contribution in [3.8, 4) is 5.75 Å². The lowest BCUT2D eigenvalue weighted by molar-refractivity contribution is 0.0930. The Bertz CT molecular complexity index is 825. The number of hydrogen-bond acceptors (Lipinski definition) is 3. The Morgan fingerprint density at radius 1 is 1.29 bits per heavy atom. The molecule has 0 aliphatic carbocycles. The molecule has 1 aliphatic heterocycles. The van der Waals surface area contributed by atoms with Crippen LogP contribution in [0.3, 0.4) is 0 Å². The molecule has 2 N–H and O–H groups in total. The topological polar surface area (TPSA) is 67.0 Å². The molecule has 0 fully saturated rings. The van der Waals surface area contributed by atoms with E-state index in [9.17, 15) is 4.79 Å². The van der Waals surface area contributed by atoms with Gasteiger partial charge in [0.1, 0.15) is 12.4 Å². The van der Waals surface area contributed by atoms with E-state index in [1.165, 1.54) is 0 Å². The van der Waals surface area contributed by atoms with Crippen LogP contribution in [0.5, 0.6) is 5.75 Å². The van der Waals surface area contributed by atoms with Crippen LogP contribution in [0.2, 0.25) is 0 Å². The normalized spacial score (nSPS) is 16.5. The molecular weight excluding hydrogens is 266 g/mol. The Labute approximate surface area is 121 Å².